The largest absolute Gasteiger partial charge is 0.337 e. The summed E-state index contributed by atoms with van der Waals surface area (Å²) in [4.78, 5) is 13.6. The molecule has 1 aromatic rings. The van der Waals surface area contributed by atoms with Crippen LogP contribution in [0.5, 0.6) is 0 Å². The Bertz CT molecular complexity index is 363. The molecule has 0 aliphatic carbocycles. The van der Waals surface area contributed by atoms with Gasteiger partial charge in [-0.25, -0.2) is 0 Å². The first kappa shape index (κ1) is 13.7. The third kappa shape index (κ3) is 4.19. The van der Waals surface area contributed by atoms with Gasteiger partial charge in [-0.3, -0.25) is 4.79 Å². The minimum absolute atomic E-state index is 0.0294. The van der Waals surface area contributed by atoms with Gasteiger partial charge in [0.25, 0.3) is 0 Å². The van der Waals surface area contributed by atoms with Crippen molar-refractivity contribution in [3.63, 3.8) is 0 Å². The van der Waals surface area contributed by atoms with Gasteiger partial charge in [0, 0.05) is 13.1 Å². The average molecular weight is 234 g/mol. The number of rotatable bonds is 6. The van der Waals surface area contributed by atoms with E-state index < -0.39 is 0 Å². The Kier molecular flexibility index (Phi) is 5.70. The Hall–Kier alpha value is -1.35. The third-order valence-corrected chi connectivity index (χ3v) is 2.93. The molecule has 0 bridgehead atoms. The van der Waals surface area contributed by atoms with Crippen LogP contribution in [0.15, 0.2) is 24.3 Å². The topological polar surface area (TPSA) is 46.3 Å². The second kappa shape index (κ2) is 7.07. The Balaban J connectivity index is 2.72. The molecule has 2 N–H and O–H groups in total. The number of carbonyl (C=O) groups excluding carboxylic acids is 1. The Morgan fingerprint density at radius 1 is 1.35 bits per heavy atom. The van der Waals surface area contributed by atoms with Crippen molar-refractivity contribution in [3.05, 3.63) is 35.4 Å². The van der Waals surface area contributed by atoms with Crippen LogP contribution in [-0.2, 0) is 11.3 Å². The number of carbonyl (C=O) groups is 1. The molecule has 0 heterocycles. The van der Waals surface area contributed by atoms with Crippen LogP contribution in [0.25, 0.3) is 0 Å². The van der Waals surface area contributed by atoms with Gasteiger partial charge < -0.3 is 10.6 Å². The van der Waals surface area contributed by atoms with Crippen molar-refractivity contribution in [2.45, 2.75) is 33.2 Å². The van der Waals surface area contributed by atoms with Crippen LogP contribution in [-0.4, -0.2) is 23.9 Å². The standard InChI is InChI=1S/C14H22N2O/c1-3-4-9-16(14(17)10-15)11-13-8-6-5-7-12(13)2/h5-8H,3-4,9-11,15H2,1-2H3. The van der Waals surface area contributed by atoms with Gasteiger partial charge in [0.2, 0.25) is 5.91 Å². The summed E-state index contributed by atoms with van der Waals surface area (Å²) in [5.74, 6) is 0.0294. The molecule has 94 valence electrons. The van der Waals surface area contributed by atoms with Gasteiger partial charge in [0.05, 0.1) is 6.54 Å². The lowest BCUT2D eigenvalue weighted by atomic mass is 10.1. The highest BCUT2D eigenvalue weighted by atomic mass is 16.2. The molecule has 1 amide bonds. The predicted octanol–water partition coefficient (Wildman–Crippen LogP) is 2.08. The number of benzene rings is 1. The van der Waals surface area contributed by atoms with E-state index >= 15 is 0 Å². The second-order valence-electron chi connectivity index (χ2n) is 4.30. The summed E-state index contributed by atoms with van der Waals surface area (Å²) in [6, 6.07) is 8.16. The number of hydrogen-bond donors (Lipinski definition) is 1. The van der Waals surface area contributed by atoms with Gasteiger partial charge in [-0.05, 0) is 24.5 Å². The maximum absolute atomic E-state index is 11.7. The lowest BCUT2D eigenvalue weighted by Gasteiger charge is -2.23. The lowest BCUT2D eigenvalue weighted by Crippen LogP contribution is -2.36. The first-order chi connectivity index (χ1) is 8.19. The van der Waals surface area contributed by atoms with Crippen molar-refractivity contribution in [3.8, 4) is 0 Å². The molecule has 0 aliphatic rings. The summed E-state index contributed by atoms with van der Waals surface area (Å²) in [6.07, 6.45) is 2.11. The molecule has 0 spiro atoms. The van der Waals surface area contributed by atoms with Crippen LogP contribution in [0.1, 0.15) is 30.9 Å². The fourth-order valence-electron chi connectivity index (χ4n) is 1.76. The fraction of sp³-hybridized carbons (Fsp3) is 0.500. The molecule has 17 heavy (non-hydrogen) atoms. The molecule has 0 aliphatic heterocycles. The Labute approximate surface area is 104 Å². The van der Waals surface area contributed by atoms with E-state index in [4.69, 9.17) is 5.73 Å². The van der Waals surface area contributed by atoms with Gasteiger partial charge in [0.15, 0.2) is 0 Å². The molecule has 0 saturated heterocycles. The molecule has 3 nitrogen and oxygen atoms in total. The summed E-state index contributed by atoms with van der Waals surface area (Å²) < 4.78 is 0. The number of hydrogen-bond acceptors (Lipinski definition) is 2. The van der Waals surface area contributed by atoms with E-state index in [0.29, 0.717) is 6.54 Å². The maximum atomic E-state index is 11.7. The number of unbranched alkanes of at least 4 members (excludes halogenated alkanes) is 1. The molecule has 1 rings (SSSR count). The summed E-state index contributed by atoms with van der Waals surface area (Å²) >= 11 is 0. The average Bonchev–Trinajstić information content (AvgIpc) is 2.35. The summed E-state index contributed by atoms with van der Waals surface area (Å²) in [6.45, 7) is 5.75. The maximum Gasteiger partial charge on any atom is 0.236 e. The summed E-state index contributed by atoms with van der Waals surface area (Å²) in [7, 11) is 0. The lowest BCUT2D eigenvalue weighted by molar-refractivity contribution is -0.130. The van der Waals surface area contributed by atoms with Crippen molar-refractivity contribution in [2.75, 3.05) is 13.1 Å². The van der Waals surface area contributed by atoms with Crippen molar-refractivity contribution in [1.29, 1.82) is 0 Å². The monoisotopic (exact) mass is 234 g/mol. The third-order valence-electron chi connectivity index (χ3n) is 2.93. The van der Waals surface area contributed by atoms with E-state index in [1.54, 1.807) is 0 Å². The first-order valence-corrected chi connectivity index (χ1v) is 6.21. The molecule has 0 radical (unpaired) electrons. The van der Waals surface area contributed by atoms with E-state index in [9.17, 15) is 4.79 Å². The number of nitrogens with zero attached hydrogens (tertiary/aromatic N) is 1. The quantitative estimate of drug-likeness (QED) is 0.819. The van der Waals surface area contributed by atoms with Gasteiger partial charge in [-0.15, -0.1) is 0 Å². The van der Waals surface area contributed by atoms with Crippen LogP contribution >= 0.6 is 0 Å². The van der Waals surface area contributed by atoms with E-state index in [0.717, 1.165) is 19.4 Å². The zero-order valence-electron chi connectivity index (χ0n) is 10.8. The number of amides is 1. The predicted molar refractivity (Wildman–Crippen MR) is 70.6 cm³/mol. The fourth-order valence-corrected chi connectivity index (χ4v) is 1.76. The Morgan fingerprint density at radius 2 is 2.06 bits per heavy atom. The first-order valence-electron chi connectivity index (χ1n) is 6.21. The molecule has 3 heteroatoms. The summed E-state index contributed by atoms with van der Waals surface area (Å²) in [5, 5.41) is 0. The molecule has 0 saturated carbocycles. The van der Waals surface area contributed by atoms with E-state index in [1.165, 1.54) is 11.1 Å². The minimum atomic E-state index is 0.0294. The van der Waals surface area contributed by atoms with Crippen molar-refractivity contribution in [1.82, 2.24) is 4.90 Å². The van der Waals surface area contributed by atoms with Crippen molar-refractivity contribution in [2.24, 2.45) is 5.73 Å². The SMILES string of the molecule is CCCCN(Cc1ccccc1C)C(=O)CN. The number of nitrogens with two attached hydrogens (primary N) is 1. The Morgan fingerprint density at radius 3 is 2.65 bits per heavy atom. The number of aryl methyl sites for hydroxylation is 1. The van der Waals surface area contributed by atoms with Gasteiger partial charge in [-0.1, -0.05) is 37.6 Å². The highest BCUT2D eigenvalue weighted by Gasteiger charge is 2.12. The molecular formula is C14H22N2O. The van der Waals surface area contributed by atoms with Gasteiger partial charge >= 0.3 is 0 Å². The minimum Gasteiger partial charge on any atom is -0.337 e. The van der Waals surface area contributed by atoms with Crippen LogP contribution in [0.3, 0.4) is 0 Å². The van der Waals surface area contributed by atoms with Crippen LogP contribution in [0, 0.1) is 6.92 Å². The summed E-state index contributed by atoms with van der Waals surface area (Å²) in [5.41, 5.74) is 7.87. The molecule has 0 unspecified atom stereocenters. The molecule has 0 fully saturated rings. The van der Waals surface area contributed by atoms with Gasteiger partial charge in [0.1, 0.15) is 0 Å². The van der Waals surface area contributed by atoms with Crippen molar-refractivity contribution >= 4 is 5.91 Å². The van der Waals surface area contributed by atoms with E-state index in [-0.39, 0.29) is 12.5 Å². The molecular weight excluding hydrogens is 212 g/mol. The highest BCUT2D eigenvalue weighted by Crippen LogP contribution is 2.11. The zero-order valence-corrected chi connectivity index (χ0v) is 10.8. The normalized spacial score (nSPS) is 10.3. The highest BCUT2D eigenvalue weighted by molar-refractivity contribution is 5.78. The van der Waals surface area contributed by atoms with Crippen LogP contribution in [0.4, 0.5) is 0 Å². The van der Waals surface area contributed by atoms with Crippen LogP contribution in [0.2, 0.25) is 0 Å². The molecule has 0 atom stereocenters. The van der Waals surface area contributed by atoms with Gasteiger partial charge in [-0.2, -0.15) is 0 Å². The van der Waals surface area contributed by atoms with E-state index in [1.807, 2.05) is 17.0 Å². The zero-order chi connectivity index (χ0) is 12.7. The molecule has 1 aromatic carbocycles. The van der Waals surface area contributed by atoms with Crippen LogP contribution < -0.4 is 5.73 Å². The second-order valence-corrected chi connectivity index (χ2v) is 4.30. The van der Waals surface area contributed by atoms with E-state index in [2.05, 4.69) is 26.0 Å². The van der Waals surface area contributed by atoms with Crippen molar-refractivity contribution < 1.29 is 4.79 Å². The smallest absolute Gasteiger partial charge is 0.236 e. The molecule has 0 aromatic heterocycles.